The molecule has 0 aliphatic carbocycles. The second kappa shape index (κ2) is 6.77. The number of sulfone groups is 1. The van der Waals surface area contributed by atoms with Crippen molar-refractivity contribution in [1.82, 2.24) is 10.2 Å². The molecule has 0 aromatic heterocycles. The van der Waals surface area contributed by atoms with Crippen molar-refractivity contribution < 1.29 is 18.0 Å². The molecule has 6 nitrogen and oxygen atoms in total. The van der Waals surface area contributed by atoms with Crippen LogP contribution in [-0.2, 0) is 19.4 Å². The Kier molecular flexibility index (Phi) is 5.78. The van der Waals surface area contributed by atoms with Crippen LogP contribution in [-0.4, -0.2) is 54.8 Å². The summed E-state index contributed by atoms with van der Waals surface area (Å²) in [5.74, 6) is -0.551. The van der Waals surface area contributed by atoms with Gasteiger partial charge in [-0.1, -0.05) is 20.8 Å². The monoisotopic (exact) mass is 318 g/mol. The summed E-state index contributed by atoms with van der Waals surface area (Å²) < 4.78 is 23.9. The second-order valence-electron chi connectivity index (χ2n) is 6.11. The highest BCUT2D eigenvalue weighted by Crippen LogP contribution is 2.19. The molecule has 1 aliphatic heterocycles. The lowest BCUT2D eigenvalue weighted by Gasteiger charge is -2.40. The molecule has 1 heterocycles. The van der Waals surface area contributed by atoms with E-state index >= 15 is 0 Å². The van der Waals surface area contributed by atoms with E-state index < -0.39 is 27.2 Å². The van der Waals surface area contributed by atoms with E-state index in [1.807, 2.05) is 20.8 Å². The van der Waals surface area contributed by atoms with E-state index in [0.29, 0.717) is 6.42 Å². The van der Waals surface area contributed by atoms with E-state index in [1.165, 1.54) is 4.90 Å². The highest BCUT2D eigenvalue weighted by atomic mass is 32.2. The average Bonchev–Trinajstić information content (AvgIpc) is 2.38. The standard InChI is InChI=1S/C14H26N2O4S/c1-6-11-14(18)16(7-8-21(19,20)10(4)5)12(9(2)3)13(17)15-11/h9-12H,6-8H2,1-5H3,(H,15,17). The van der Waals surface area contributed by atoms with Gasteiger partial charge in [-0.2, -0.15) is 0 Å². The van der Waals surface area contributed by atoms with Gasteiger partial charge in [0, 0.05) is 6.54 Å². The van der Waals surface area contributed by atoms with Crippen molar-refractivity contribution in [3.63, 3.8) is 0 Å². The summed E-state index contributed by atoms with van der Waals surface area (Å²) in [5, 5.41) is 2.24. The van der Waals surface area contributed by atoms with Crippen LogP contribution >= 0.6 is 0 Å². The van der Waals surface area contributed by atoms with Crippen LogP contribution in [0.3, 0.4) is 0 Å². The Morgan fingerprint density at radius 1 is 1.19 bits per heavy atom. The number of amides is 2. The Hall–Kier alpha value is -1.11. The van der Waals surface area contributed by atoms with Crippen molar-refractivity contribution in [1.29, 1.82) is 0 Å². The molecule has 1 fully saturated rings. The fraction of sp³-hybridized carbons (Fsp3) is 0.857. The minimum absolute atomic E-state index is 0.0616. The lowest BCUT2D eigenvalue weighted by Crippen LogP contribution is -2.65. The third-order valence-corrected chi connectivity index (χ3v) is 6.06. The van der Waals surface area contributed by atoms with Crippen LogP contribution in [0.2, 0.25) is 0 Å². The first kappa shape index (κ1) is 17.9. The maximum absolute atomic E-state index is 12.4. The van der Waals surface area contributed by atoms with Crippen molar-refractivity contribution in [2.24, 2.45) is 5.92 Å². The van der Waals surface area contributed by atoms with E-state index in [-0.39, 0.29) is 30.0 Å². The van der Waals surface area contributed by atoms with Crippen molar-refractivity contribution in [2.75, 3.05) is 12.3 Å². The predicted molar refractivity (Wildman–Crippen MR) is 81.5 cm³/mol. The minimum atomic E-state index is -3.24. The summed E-state index contributed by atoms with van der Waals surface area (Å²) in [5.41, 5.74) is 0. The van der Waals surface area contributed by atoms with Crippen molar-refractivity contribution in [3.8, 4) is 0 Å². The molecule has 1 N–H and O–H groups in total. The van der Waals surface area contributed by atoms with Crippen LogP contribution < -0.4 is 5.32 Å². The number of hydrogen-bond acceptors (Lipinski definition) is 4. The van der Waals surface area contributed by atoms with Crippen LogP contribution in [0.25, 0.3) is 0 Å². The number of piperazine rings is 1. The lowest BCUT2D eigenvalue weighted by molar-refractivity contribution is -0.150. The zero-order chi connectivity index (χ0) is 16.4. The largest absolute Gasteiger partial charge is 0.343 e. The number of carbonyl (C=O) groups excluding carboxylic acids is 2. The minimum Gasteiger partial charge on any atom is -0.343 e. The summed E-state index contributed by atoms with van der Waals surface area (Å²) in [6.07, 6.45) is 0.503. The lowest BCUT2D eigenvalue weighted by atomic mass is 9.96. The molecule has 0 radical (unpaired) electrons. The number of nitrogens with one attached hydrogen (secondary N) is 1. The van der Waals surface area contributed by atoms with E-state index in [4.69, 9.17) is 0 Å². The smallest absolute Gasteiger partial charge is 0.245 e. The van der Waals surface area contributed by atoms with Gasteiger partial charge in [-0.05, 0) is 26.2 Å². The molecule has 1 saturated heterocycles. The normalized spacial score (nSPS) is 23.9. The molecule has 0 bridgehead atoms. The molecule has 1 rings (SSSR count). The third-order valence-electron chi connectivity index (χ3n) is 3.88. The van der Waals surface area contributed by atoms with E-state index in [2.05, 4.69) is 5.32 Å². The molecule has 2 amide bonds. The third kappa shape index (κ3) is 3.96. The summed E-state index contributed by atoms with van der Waals surface area (Å²) in [6, 6.07) is -1.14. The van der Waals surface area contributed by atoms with Gasteiger partial charge in [0.25, 0.3) is 0 Å². The van der Waals surface area contributed by atoms with Crippen LogP contribution in [0.15, 0.2) is 0 Å². The van der Waals surface area contributed by atoms with Gasteiger partial charge in [-0.3, -0.25) is 9.59 Å². The second-order valence-corrected chi connectivity index (χ2v) is 8.78. The van der Waals surface area contributed by atoms with Gasteiger partial charge in [-0.25, -0.2) is 8.42 Å². The van der Waals surface area contributed by atoms with Gasteiger partial charge in [0.1, 0.15) is 12.1 Å². The molecule has 0 aromatic rings. The topological polar surface area (TPSA) is 83.6 Å². The first-order valence-corrected chi connectivity index (χ1v) is 9.15. The van der Waals surface area contributed by atoms with Crippen LogP contribution in [0.5, 0.6) is 0 Å². The Morgan fingerprint density at radius 2 is 1.76 bits per heavy atom. The zero-order valence-electron chi connectivity index (χ0n) is 13.4. The fourth-order valence-electron chi connectivity index (χ4n) is 2.45. The van der Waals surface area contributed by atoms with Crippen molar-refractivity contribution in [3.05, 3.63) is 0 Å². The van der Waals surface area contributed by atoms with E-state index in [0.717, 1.165) is 0 Å². The first-order chi connectivity index (χ1) is 9.61. The van der Waals surface area contributed by atoms with Gasteiger partial charge in [0.2, 0.25) is 11.8 Å². The molecule has 0 spiro atoms. The molecule has 0 aromatic carbocycles. The molecule has 21 heavy (non-hydrogen) atoms. The van der Waals surface area contributed by atoms with Crippen LogP contribution in [0, 0.1) is 5.92 Å². The van der Waals surface area contributed by atoms with Crippen molar-refractivity contribution >= 4 is 21.7 Å². The molecule has 2 atom stereocenters. The number of rotatable bonds is 6. The molecule has 122 valence electrons. The molecule has 7 heteroatoms. The van der Waals surface area contributed by atoms with E-state index in [9.17, 15) is 18.0 Å². The van der Waals surface area contributed by atoms with Crippen molar-refractivity contribution in [2.45, 2.75) is 58.4 Å². The molecule has 2 unspecified atom stereocenters. The Morgan fingerprint density at radius 3 is 2.19 bits per heavy atom. The highest BCUT2D eigenvalue weighted by molar-refractivity contribution is 7.92. The summed E-state index contributed by atoms with van der Waals surface area (Å²) in [4.78, 5) is 26.0. The van der Waals surface area contributed by atoms with Gasteiger partial charge < -0.3 is 10.2 Å². The number of carbonyl (C=O) groups is 2. The van der Waals surface area contributed by atoms with Crippen LogP contribution in [0.1, 0.15) is 41.0 Å². The highest BCUT2D eigenvalue weighted by Gasteiger charge is 2.41. The fourth-order valence-corrected chi connectivity index (χ4v) is 3.37. The molecule has 0 saturated carbocycles. The Labute approximate surface area is 127 Å². The zero-order valence-corrected chi connectivity index (χ0v) is 14.2. The number of hydrogen-bond donors (Lipinski definition) is 1. The maximum Gasteiger partial charge on any atom is 0.245 e. The summed E-state index contributed by atoms with van der Waals surface area (Å²) >= 11 is 0. The summed E-state index contributed by atoms with van der Waals surface area (Å²) in [6.45, 7) is 8.85. The molecular weight excluding hydrogens is 292 g/mol. The predicted octanol–water partition coefficient (Wildman–Crippen LogP) is 0.571. The Bertz CT molecular complexity index is 499. The van der Waals surface area contributed by atoms with Crippen LogP contribution in [0.4, 0.5) is 0 Å². The van der Waals surface area contributed by atoms with Gasteiger partial charge >= 0.3 is 0 Å². The maximum atomic E-state index is 12.4. The van der Waals surface area contributed by atoms with E-state index in [1.54, 1.807) is 13.8 Å². The SMILES string of the molecule is CCC1NC(=O)C(C(C)C)N(CCS(=O)(=O)C(C)C)C1=O. The molecule has 1 aliphatic rings. The average molecular weight is 318 g/mol. The summed E-state index contributed by atoms with van der Waals surface area (Å²) in [7, 11) is -3.24. The van der Waals surface area contributed by atoms with Gasteiger partial charge in [0.15, 0.2) is 9.84 Å². The Balaban J connectivity index is 2.96. The first-order valence-electron chi connectivity index (χ1n) is 7.44. The van der Waals surface area contributed by atoms with Gasteiger partial charge in [-0.15, -0.1) is 0 Å². The number of nitrogens with zero attached hydrogens (tertiary/aromatic N) is 1. The molecular formula is C14H26N2O4S. The quantitative estimate of drug-likeness (QED) is 0.776. The van der Waals surface area contributed by atoms with Gasteiger partial charge in [0.05, 0.1) is 11.0 Å².